The maximum Gasteiger partial charge on any atom is 0.377 e. The Balaban J connectivity index is 1.58. The number of para-hydroxylation sites is 1. The summed E-state index contributed by atoms with van der Waals surface area (Å²) >= 11 is 1.71. The number of aryl methyl sites for hydroxylation is 1. The number of hydrogen-bond acceptors (Lipinski definition) is 6. The third-order valence-corrected chi connectivity index (χ3v) is 5.58. The molecule has 0 saturated carbocycles. The summed E-state index contributed by atoms with van der Waals surface area (Å²) in [5, 5.41) is 3.66. The van der Waals surface area contributed by atoms with Gasteiger partial charge in [0.05, 0.1) is 17.4 Å². The molecular formula is C21H18N2O4S. The lowest BCUT2D eigenvalue weighted by atomic mass is 10.1. The number of carbonyl (C=O) groups excluding carboxylic acids is 2. The number of rotatable bonds is 4. The lowest BCUT2D eigenvalue weighted by Crippen LogP contribution is -2.41. The minimum absolute atomic E-state index is 0.0143. The van der Waals surface area contributed by atoms with Crippen LogP contribution in [0.3, 0.4) is 0 Å². The highest BCUT2D eigenvalue weighted by Gasteiger charge is 2.33. The van der Waals surface area contributed by atoms with E-state index in [9.17, 15) is 9.59 Å². The molecule has 2 heterocycles. The fraction of sp³-hybridized carbons (Fsp3) is 0.190. The molecule has 142 valence electrons. The van der Waals surface area contributed by atoms with Crippen molar-refractivity contribution in [3.8, 4) is 0 Å². The van der Waals surface area contributed by atoms with Crippen LogP contribution >= 0.6 is 11.8 Å². The zero-order chi connectivity index (χ0) is 19.5. The van der Waals surface area contributed by atoms with E-state index in [-0.39, 0.29) is 24.3 Å². The summed E-state index contributed by atoms with van der Waals surface area (Å²) in [5.41, 5.74) is 2.43. The van der Waals surface area contributed by atoms with Crippen molar-refractivity contribution in [2.45, 2.75) is 17.9 Å². The first-order valence-corrected chi connectivity index (χ1v) is 9.81. The van der Waals surface area contributed by atoms with Gasteiger partial charge in [0.2, 0.25) is 5.76 Å². The van der Waals surface area contributed by atoms with Crippen molar-refractivity contribution in [2.75, 3.05) is 17.3 Å². The zero-order valence-corrected chi connectivity index (χ0v) is 16.0. The summed E-state index contributed by atoms with van der Waals surface area (Å²) in [5.74, 6) is -0.280. The molecule has 0 unspecified atom stereocenters. The molecule has 0 aliphatic carbocycles. The van der Waals surface area contributed by atoms with E-state index in [1.165, 1.54) is 6.07 Å². The van der Waals surface area contributed by atoms with Gasteiger partial charge < -0.3 is 9.26 Å². The van der Waals surface area contributed by atoms with Gasteiger partial charge in [-0.15, -0.1) is 11.8 Å². The minimum atomic E-state index is -0.704. The first kappa shape index (κ1) is 18.3. The Morgan fingerprint density at radius 2 is 1.93 bits per heavy atom. The predicted molar refractivity (Wildman–Crippen MR) is 105 cm³/mol. The number of hydrogen-bond donors (Lipinski definition) is 0. The molecule has 0 fully saturated rings. The number of benzene rings is 2. The van der Waals surface area contributed by atoms with Gasteiger partial charge >= 0.3 is 5.97 Å². The Labute approximate surface area is 166 Å². The van der Waals surface area contributed by atoms with E-state index in [2.05, 4.69) is 5.16 Å². The summed E-state index contributed by atoms with van der Waals surface area (Å²) in [7, 11) is 0. The van der Waals surface area contributed by atoms with E-state index in [1.54, 1.807) is 23.6 Å². The second kappa shape index (κ2) is 7.90. The molecule has 0 saturated heterocycles. The highest BCUT2D eigenvalue weighted by atomic mass is 32.2. The summed E-state index contributed by atoms with van der Waals surface area (Å²) in [6.45, 7) is 1.33. The van der Waals surface area contributed by atoms with Crippen LogP contribution in [0.4, 0.5) is 5.69 Å². The zero-order valence-electron chi connectivity index (χ0n) is 15.2. The number of esters is 1. The molecule has 0 N–H and O–H groups in total. The molecule has 1 aliphatic rings. The Morgan fingerprint density at radius 3 is 2.68 bits per heavy atom. The van der Waals surface area contributed by atoms with Gasteiger partial charge in [0.25, 0.3) is 5.91 Å². The van der Waals surface area contributed by atoms with E-state index < -0.39 is 5.97 Å². The van der Waals surface area contributed by atoms with Crippen LogP contribution < -0.4 is 4.90 Å². The third-order valence-electron chi connectivity index (χ3n) is 4.44. The molecular weight excluding hydrogens is 376 g/mol. The van der Waals surface area contributed by atoms with Crippen molar-refractivity contribution in [2.24, 2.45) is 0 Å². The quantitative estimate of drug-likeness (QED) is 0.623. The summed E-state index contributed by atoms with van der Waals surface area (Å²) in [4.78, 5) is 27.9. The van der Waals surface area contributed by atoms with E-state index in [0.29, 0.717) is 5.69 Å². The standard InChI is InChI=1S/C21H18N2O4S/c1-14-11-18(27-22-14)21(25)26-12-20(24)23-16-9-5-6-10-19(16)28-13-17(23)15-7-3-2-4-8-15/h2-11,17H,12-13H2,1H3/t17-/m0/s1. The summed E-state index contributed by atoms with van der Waals surface area (Å²) < 4.78 is 10.1. The lowest BCUT2D eigenvalue weighted by Gasteiger charge is -2.37. The number of thioether (sulfide) groups is 1. The van der Waals surface area contributed by atoms with Gasteiger partial charge in [-0.2, -0.15) is 0 Å². The van der Waals surface area contributed by atoms with Crippen LogP contribution in [0.2, 0.25) is 0 Å². The van der Waals surface area contributed by atoms with Crippen LogP contribution in [0.15, 0.2) is 70.1 Å². The fourth-order valence-electron chi connectivity index (χ4n) is 3.15. The largest absolute Gasteiger partial charge is 0.450 e. The van der Waals surface area contributed by atoms with Crippen molar-refractivity contribution in [3.63, 3.8) is 0 Å². The van der Waals surface area contributed by atoms with Crippen LogP contribution in [-0.4, -0.2) is 29.4 Å². The van der Waals surface area contributed by atoms with E-state index in [0.717, 1.165) is 21.9 Å². The van der Waals surface area contributed by atoms with E-state index in [4.69, 9.17) is 9.26 Å². The van der Waals surface area contributed by atoms with Gasteiger partial charge in [0, 0.05) is 16.7 Å². The second-order valence-electron chi connectivity index (χ2n) is 6.38. The summed E-state index contributed by atoms with van der Waals surface area (Å²) in [6, 6.07) is 18.9. The van der Waals surface area contributed by atoms with Crippen LogP contribution in [0.5, 0.6) is 0 Å². The highest BCUT2D eigenvalue weighted by Crippen LogP contribution is 2.43. The van der Waals surface area contributed by atoms with E-state index in [1.807, 2.05) is 54.6 Å². The Morgan fingerprint density at radius 1 is 1.18 bits per heavy atom. The van der Waals surface area contributed by atoms with Crippen molar-refractivity contribution in [3.05, 3.63) is 77.7 Å². The molecule has 1 amide bonds. The highest BCUT2D eigenvalue weighted by molar-refractivity contribution is 7.99. The maximum absolute atomic E-state index is 13.1. The molecule has 0 radical (unpaired) electrons. The molecule has 2 aromatic carbocycles. The molecule has 6 nitrogen and oxygen atoms in total. The number of aromatic nitrogens is 1. The van der Waals surface area contributed by atoms with Crippen LogP contribution in [0.25, 0.3) is 0 Å². The molecule has 0 spiro atoms. The van der Waals surface area contributed by atoms with Crippen molar-refractivity contribution in [1.82, 2.24) is 5.16 Å². The van der Waals surface area contributed by atoms with Gasteiger partial charge in [-0.25, -0.2) is 4.79 Å². The van der Waals surface area contributed by atoms with Crippen molar-refractivity contribution in [1.29, 1.82) is 0 Å². The number of carbonyl (C=O) groups is 2. The SMILES string of the molecule is Cc1cc(C(=O)OCC(=O)N2c3ccccc3SC[C@H]2c2ccccc2)on1. The molecule has 28 heavy (non-hydrogen) atoms. The topological polar surface area (TPSA) is 72.6 Å². The normalized spacial score (nSPS) is 15.8. The number of anilines is 1. The third kappa shape index (κ3) is 3.66. The maximum atomic E-state index is 13.1. The first-order valence-electron chi connectivity index (χ1n) is 8.83. The Bertz CT molecular complexity index is 1000. The van der Waals surface area contributed by atoms with Crippen LogP contribution in [0, 0.1) is 6.92 Å². The van der Waals surface area contributed by atoms with E-state index >= 15 is 0 Å². The van der Waals surface area contributed by atoms with Gasteiger partial charge in [-0.3, -0.25) is 9.69 Å². The fourth-order valence-corrected chi connectivity index (χ4v) is 4.31. The van der Waals surface area contributed by atoms with Crippen LogP contribution in [-0.2, 0) is 9.53 Å². The van der Waals surface area contributed by atoms with Gasteiger partial charge in [-0.05, 0) is 24.6 Å². The molecule has 1 atom stereocenters. The number of fused-ring (bicyclic) bond motifs is 1. The molecule has 7 heteroatoms. The van der Waals surface area contributed by atoms with Crippen molar-refractivity contribution < 1.29 is 18.8 Å². The average Bonchev–Trinajstić information content (AvgIpc) is 3.18. The number of nitrogens with zero attached hydrogens (tertiary/aromatic N) is 2. The lowest BCUT2D eigenvalue weighted by molar-refractivity contribution is -0.122. The van der Waals surface area contributed by atoms with Crippen molar-refractivity contribution >= 4 is 29.3 Å². The van der Waals surface area contributed by atoms with Gasteiger partial charge in [-0.1, -0.05) is 47.6 Å². The Hall–Kier alpha value is -3.06. The molecule has 1 aliphatic heterocycles. The monoisotopic (exact) mass is 394 g/mol. The number of amides is 1. The smallest absolute Gasteiger partial charge is 0.377 e. The number of ether oxygens (including phenoxy) is 1. The van der Waals surface area contributed by atoms with Gasteiger partial charge in [0.1, 0.15) is 0 Å². The van der Waals surface area contributed by atoms with Crippen LogP contribution in [0.1, 0.15) is 27.9 Å². The Kier molecular flexibility index (Phi) is 5.16. The molecule has 4 rings (SSSR count). The minimum Gasteiger partial charge on any atom is -0.450 e. The molecule has 0 bridgehead atoms. The molecule has 3 aromatic rings. The second-order valence-corrected chi connectivity index (χ2v) is 7.44. The first-order chi connectivity index (χ1) is 13.6. The summed E-state index contributed by atoms with van der Waals surface area (Å²) in [6.07, 6.45) is 0. The average molecular weight is 394 g/mol. The van der Waals surface area contributed by atoms with Gasteiger partial charge in [0.15, 0.2) is 6.61 Å². The predicted octanol–water partition coefficient (Wildman–Crippen LogP) is 4.02. The molecule has 1 aromatic heterocycles.